The lowest BCUT2D eigenvalue weighted by Crippen LogP contribution is -2.42. The maximum atomic E-state index is 11.7. The fourth-order valence-electron chi connectivity index (χ4n) is 1.79. The van der Waals surface area contributed by atoms with Gasteiger partial charge in [0, 0.05) is 13.2 Å². The molecule has 96 valence electrons. The van der Waals surface area contributed by atoms with Crippen molar-refractivity contribution in [2.45, 2.75) is 45.6 Å². The highest BCUT2D eigenvalue weighted by Gasteiger charge is 2.24. The number of methoxy groups -OCH3 is 1. The van der Waals surface area contributed by atoms with Gasteiger partial charge in [-0.3, -0.25) is 9.69 Å². The van der Waals surface area contributed by atoms with Crippen molar-refractivity contribution in [1.29, 1.82) is 0 Å². The van der Waals surface area contributed by atoms with E-state index in [1.807, 2.05) is 6.92 Å². The molecule has 0 radical (unpaired) electrons. The van der Waals surface area contributed by atoms with Crippen molar-refractivity contribution in [1.82, 2.24) is 4.90 Å². The largest absolute Gasteiger partial charge is 0.468 e. The van der Waals surface area contributed by atoms with Gasteiger partial charge in [0.2, 0.25) is 0 Å². The third kappa shape index (κ3) is 5.47. The predicted octanol–water partition coefficient (Wildman–Crippen LogP) is 1.42. The van der Waals surface area contributed by atoms with E-state index in [9.17, 15) is 4.79 Å². The number of hydrogen-bond donors (Lipinski definition) is 1. The molecule has 1 atom stereocenters. The molecule has 0 aromatic carbocycles. The molecule has 0 aliphatic rings. The number of likely N-dealkylation sites (N-methyl/N-ethyl adjacent to an activating group) is 1. The van der Waals surface area contributed by atoms with E-state index in [0.717, 1.165) is 32.4 Å². The molecule has 0 heterocycles. The maximum Gasteiger partial charge on any atom is 0.323 e. The number of nitrogens with zero attached hydrogens (tertiary/aromatic N) is 1. The van der Waals surface area contributed by atoms with E-state index in [2.05, 4.69) is 11.8 Å². The van der Waals surface area contributed by atoms with Gasteiger partial charge in [-0.2, -0.15) is 0 Å². The van der Waals surface area contributed by atoms with E-state index >= 15 is 0 Å². The first-order valence-corrected chi connectivity index (χ1v) is 6.13. The van der Waals surface area contributed by atoms with Crippen molar-refractivity contribution in [3.8, 4) is 0 Å². The number of aliphatic hydroxyl groups excluding tert-OH is 1. The zero-order chi connectivity index (χ0) is 12.4. The maximum absolute atomic E-state index is 11.7. The van der Waals surface area contributed by atoms with Gasteiger partial charge in [0.25, 0.3) is 0 Å². The van der Waals surface area contributed by atoms with E-state index in [4.69, 9.17) is 9.84 Å². The van der Waals surface area contributed by atoms with Gasteiger partial charge in [-0.05, 0) is 19.4 Å². The van der Waals surface area contributed by atoms with Crippen LogP contribution in [0.15, 0.2) is 0 Å². The van der Waals surface area contributed by atoms with Crippen molar-refractivity contribution >= 4 is 5.97 Å². The fraction of sp³-hybridized carbons (Fsp3) is 0.917. The normalized spacial score (nSPS) is 12.8. The Morgan fingerprint density at radius 2 is 2.06 bits per heavy atom. The molecule has 0 fully saturated rings. The first-order chi connectivity index (χ1) is 7.71. The van der Waals surface area contributed by atoms with E-state index in [0.29, 0.717) is 6.42 Å². The highest BCUT2D eigenvalue weighted by Crippen LogP contribution is 2.11. The van der Waals surface area contributed by atoms with Gasteiger partial charge < -0.3 is 9.84 Å². The number of ether oxygens (including phenoxy) is 1. The summed E-state index contributed by atoms with van der Waals surface area (Å²) in [6.07, 6.45) is 3.64. The summed E-state index contributed by atoms with van der Waals surface area (Å²) >= 11 is 0. The van der Waals surface area contributed by atoms with Crippen LogP contribution in [0.1, 0.15) is 39.5 Å². The van der Waals surface area contributed by atoms with Crippen LogP contribution in [0.3, 0.4) is 0 Å². The average Bonchev–Trinajstić information content (AvgIpc) is 2.32. The van der Waals surface area contributed by atoms with Crippen LogP contribution in [0.4, 0.5) is 0 Å². The second kappa shape index (κ2) is 9.60. The van der Waals surface area contributed by atoms with Crippen LogP contribution < -0.4 is 0 Å². The standard InChI is InChI=1S/C12H25NO3/c1-4-6-8-11(12(15)16-3)13(5-2)9-7-10-14/h11,14H,4-10H2,1-3H3. The van der Waals surface area contributed by atoms with Gasteiger partial charge in [0.05, 0.1) is 7.11 Å². The number of rotatable bonds is 9. The molecule has 4 nitrogen and oxygen atoms in total. The second-order valence-corrected chi connectivity index (χ2v) is 3.89. The zero-order valence-electron chi connectivity index (χ0n) is 10.7. The lowest BCUT2D eigenvalue weighted by Gasteiger charge is -2.28. The molecule has 0 bridgehead atoms. The number of hydrogen-bond acceptors (Lipinski definition) is 4. The van der Waals surface area contributed by atoms with Crippen molar-refractivity contribution in [3.63, 3.8) is 0 Å². The molecule has 0 spiro atoms. The number of esters is 1. The predicted molar refractivity (Wildman–Crippen MR) is 64.3 cm³/mol. The highest BCUT2D eigenvalue weighted by atomic mass is 16.5. The third-order valence-electron chi connectivity index (χ3n) is 2.75. The summed E-state index contributed by atoms with van der Waals surface area (Å²) in [6, 6.07) is -0.151. The summed E-state index contributed by atoms with van der Waals surface area (Å²) in [5.74, 6) is -0.159. The molecule has 0 aliphatic heterocycles. The summed E-state index contributed by atoms with van der Waals surface area (Å²) in [5, 5.41) is 8.82. The number of carbonyl (C=O) groups excluding carboxylic acids is 1. The summed E-state index contributed by atoms with van der Waals surface area (Å²) < 4.78 is 4.83. The van der Waals surface area contributed by atoms with Crippen molar-refractivity contribution in [3.05, 3.63) is 0 Å². The van der Waals surface area contributed by atoms with Crippen LogP contribution in [0.25, 0.3) is 0 Å². The minimum Gasteiger partial charge on any atom is -0.468 e. The Bertz CT molecular complexity index is 185. The lowest BCUT2D eigenvalue weighted by atomic mass is 10.1. The SMILES string of the molecule is CCCCC(C(=O)OC)N(CC)CCCO. The highest BCUT2D eigenvalue weighted by molar-refractivity contribution is 5.75. The lowest BCUT2D eigenvalue weighted by molar-refractivity contribution is -0.147. The minimum absolute atomic E-state index is 0.151. The molecule has 1 N–H and O–H groups in total. The molecule has 0 rings (SSSR count). The second-order valence-electron chi connectivity index (χ2n) is 3.89. The van der Waals surface area contributed by atoms with Crippen LogP contribution in [0.2, 0.25) is 0 Å². The van der Waals surface area contributed by atoms with Gasteiger partial charge in [-0.15, -0.1) is 0 Å². The monoisotopic (exact) mass is 231 g/mol. The summed E-state index contributed by atoms with van der Waals surface area (Å²) in [7, 11) is 1.43. The molecule has 0 aliphatic carbocycles. The molecule has 0 amide bonds. The van der Waals surface area contributed by atoms with Gasteiger partial charge in [-0.25, -0.2) is 0 Å². The van der Waals surface area contributed by atoms with Crippen LogP contribution >= 0.6 is 0 Å². The molecule has 16 heavy (non-hydrogen) atoms. The van der Waals surface area contributed by atoms with Gasteiger partial charge in [0.1, 0.15) is 6.04 Å². The first kappa shape index (κ1) is 15.4. The Kier molecular flexibility index (Phi) is 9.24. The summed E-state index contributed by atoms with van der Waals surface area (Å²) in [5.41, 5.74) is 0. The summed E-state index contributed by atoms with van der Waals surface area (Å²) in [6.45, 7) is 5.86. The molecular weight excluding hydrogens is 206 g/mol. The molecule has 0 aromatic heterocycles. The fourth-order valence-corrected chi connectivity index (χ4v) is 1.79. The van der Waals surface area contributed by atoms with E-state index in [-0.39, 0.29) is 18.6 Å². The van der Waals surface area contributed by atoms with E-state index < -0.39 is 0 Å². The molecule has 0 saturated carbocycles. The average molecular weight is 231 g/mol. The molecule has 0 aromatic rings. The van der Waals surface area contributed by atoms with Crippen LogP contribution in [0.5, 0.6) is 0 Å². The third-order valence-corrected chi connectivity index (χ3v) is 2.75. The quantitative estimate of drug-likeness (QED) is 0.610. The topological polar surface area (TPSA) is 49.8 Å². The molecule has 4 heteroatoms. The zero-order valence-corrected chi connectivity index (χ0v) is 10.7. The molecular formula is C12H25NO3. The number of carbonyl (C=O) groups is 1. The molecule has 1 unspecified atom stereocenters. The van der Waals surface area contributed by atoms with E-state index in [1.54, 1.807) is 0 Å². The van der Waals surface area contributed by atoms with Crippen molar-refractivity contribution in [2.75, 3.05) is 26.8 Å². The Labute approximate surface area is 98.6 Å². The summed E-state index contributed by atoms with van der Waals surface area (Å²) in [4.78, 5) is 13.7. The van der Waals surface area contributed by atoms with Gasteiger partial charge >= 0.3 is 5.97 Å². The van der Waals surface area contributed by atoms with Gasteiger partial charge in [0.15, 0.2) is 0 Å². The Balaban J connectivity index is 4.35. The van der Waals surface area contributed by atoms with Gasteiger partial charge in [-0.1, -0.05) is 26.7 Å². The Hall–Kier alpha value is -0.610. The van der Waals surface area contributed by atoms with Crippen molar-refractivity contribution in [2.24, 2.45) is 0 Å². The van der Waals surface area contributed by atoms with Crippen LogP contribution in [-0.2, 0) is 9.53 Å². The number of unbranched alkanes of at least 4 members (excludes halogenated alkanes) is 1. The smallest absolute Gasteiger partial charge is 0.323 e. The molecule has 0 saturated heterocycles. The Morgan fingerprint density at radius 3 is 2.50 bits per heavy atom. The van der Waals surface area contributed by atoms with Crippen LogP contribution in [0, 0.1) is 0 Å². The van der Waals surface area contributed by atoms with Crippen LogP contribution in [-0.4, -0.2) is 48.8 Å². The van der Waals surface area contributed by atoms with Crippen molar-refractivity contribution < 1.29 is 14.6 Å². The number of aliphatic hydroxyl groups is 1. The minimum atomic E-state index is -0.159. The Morgan fingerprint density at radius 1 is 1.38 bits per heavy atom. The first-order valence-electron chi connectivity index (χ1n) is 6.13. The van der Waals surface area contributed by atoms with E-state index in [1.165, 1.54) is 7.11 Å².